The third kappa shape index (κ3) is 6.29. The minimum absolute atomic E-state index is 0.0696. The van der Waals surface area contributed by atoms with Gasteiger partial charge in [0, 0.05) is 20.0 Å². The number of carbonyl (C=O) groups excluding carboxylic acids is 2. The second kappa shape index (κ2) is 9.00. The summed E-state index contributed by atoms with van der Waals surface area (Å²) in [6.45, 7) is 4.75. The van der Waals surface area contributed by atoms with Gasteiger partial charge in [0.2, 0.25) is 11.8 Å². The Labute approximate surface area is 126 Å². The maximum atomic E-state index is 11.8. The molecule has 1 aromatic rings. The van der Waals surface area contributed by atoms with Gasteiger partial charge in [-0.1, -0.05) is 19.1 Å². The molecule has 0 heterocycles. The molecule has 0 bridgehead atoms. The van der Waals surface area contributed by atoms with E-state index >= 15 is 0 Å². The van der Waals surface area contributed by atoms with E-state index in [1.54, 1.807) is 12.0 Å². The van der Waals surface area contributed by atoms with Crippen LogP contribution in [0.4, 0.5) is 0 Å². The van der Waals surface area contributed by atoms with Crippen LogP contribution in [0.15, 0.2) is 24.3 Å². The van der Waals surface area contributed by atoms with Gasteiger partial charge in [-0.2, -0.15) is 0 Å². The highest BCUT2D eigenvalue weighted by Crippen LogP contribution is 2.12. The molecule has 0 saturated heterocycles. The van der Waals surface area contributed by atoms with Gasteiger partial charge in [-0.05, 0) is 30.5 Å². The first-order valence-electron chi connectivity index (χ1n) is 7.22. The van der Waals surface area contributed by atoms with Gasteiger partial charge in [0.1, 0.15) is 5.75 Å². The largest absolute Gasteiger partial charge is 0.497 e. The standard InChI is InChI=1S/C16H24N2O3/c1-4-10-18(13(2)19)12-16(20)17-9-8-14-6-5-7-15(11-14)21-3/h5-7,11H,4,8-10,12H2,1-3H3,(H,17,20). The predicted octanol–water partition coefficient (Wildman–Crippen LogP) is 1.61. The van der Waals surface area contributed by atoms with Crippen molar-refractivity contribution in [2.24, 2.45) is 0 Å². The van der Waals surface area contributed by atoms with Crippen LogP contribution in [0.2, 0.25) is 0 Å². The Morgan fingerprint density at radius 3 is 2.71 bits per heavy atom. The molecule has 116 valence electrons. The number of carbonyl (C=O) groups is 2. The Kier molecular flexibility index (Phi) is 7.29. The van der Waals surface area contributed by atoms with Crippen LogP contribution in [-0.2, 0) is 16.0 Å². The third-order valence-electron chi connectivity index (χ3n) is 3.14. The number of nitrogens with zero attached hydrogens (tertiary/aromatic N) is 1. The molecule has 0 aliphatic heterocycles. The minimum Gasteiger partial charge on any atom is -0.497 e. The normalized spacial score (nSPS) is 10.0. The summed E-state index contributed by atoms with van der Waals surface area (Å²) in [4.78, 5) is 24.7. The molecule has 1 N–H and O–H groups in total. The summed E-state index contributed by atoms with van der Waals surface area (Å²) in [6, 6.07) is 7.75. The van der Waals surface area contributed by atoms with Crippen LogP contribution in [0.1, 0.15) is 25.8 Å². The summed E-state index contributed by atoms with van der Waals surface area (Å²) < 4.78 is 5.16. The summed E-state index contributed by atoms with van der Waals surface area (Å²) in [5, 5.41) is 2.84. The number of rotatable bonds is 8. The number of amides is 2. The zero-order valence-corrected chi connectivity index (χ0v) is 13.0. The lowest BCUT2D eigenvalue weighted by Gasteiger charge is -2.19. The fraction of sp³-hybridized carbons (Fsp3) is 0.500. The highest BCUT2D eigenvalue weighted by atomic mass is 16.5. The molecule has 1 rings (SSSR count). The van der Waals surface area contributed by atoms with Crippen LogP contribution >= 0.6 is 0 Å². The van der Waals surface area contributed by atoms with Crippen molar-refractivity contribution in [1.82, 2.24) is 10.2 Å². The highest BCUT2D eigenvalue weighted by Gasteiger charge is 2.11. The van der Waals surface area contributed by atoms with Crippen LogP contribution < -0.4 is 10.1 Å². The van der Waals surface area contributed by atoms with E-state index in [4.69, 9.17) is 4.74 Å². The number of nitrogens with one attached hydrogen (secondary N) is 1. The SMILES string of the molecule is CCCN(CC(=O)NCCc1cccc(OC)c1)C(C)=O. The van der Waals surface area contributed by atoms with E-state index < -0.39 is 0 Å². The van der Waals surface area contributed by atoms with E-state index in [9.17, 15) is 9.59 Å². The van der Waals surface area contributed by atoms with Crippen molar-refractivity contribution >= 4 is 11.8 Å². The van der Waals surface area contributed by atoms with Gasteiger partial charge in [-0.25, -0.2) is 0 Å². The first kappa shape index (κ1) is 17.0. The molecular weight excluding hydrogens is 268 g/mol. The van der Waals surface area contributed by atoms with Crippen LogP contribution in [0, 0.1) is 0 Å². The summed E-state index contributed by atoms with van der Waals surface area (Å²) in [5.41, 5.74) is 1.10. The summed E-state index contributed by atoms with van der Waals surface area (Å²) in [6.07, 6.45) is 1.58. The quantitative estimate of drug-likeness (QED) is 0.792. The zero-order valence-electron chi connectivity index (χ0n) is 13.0. The van der Waals surface area contributed by atoms with Crippen molar-refractivity contribution in [1.29, 1.82) is 0 Å². The number of benzene rings is 1. The maximum absolute atomic E-state index is 11.8. The van der Waals surface area contributed by atoms with Crippen molar-refractivity contribution in [3.63, 3.8) is 0 Å². The fourth-order valence-electron chi connectivity index (χ4n) is 2.02. The zero-order chi connectivity index (χ0) is 15.7. The number of methoxy groups -OCH3 is 1. The van der Waals surface area contributed by atoms with Crippen LogP contribution in [-0.4, -0.2) is 43.5 Å². The molecule has 0 fully saturated rings. The molecule has 5 heteroatoms. The third-order valence-corrected chi connectivity index (χ3v) is 3.14. The topological polar surface area (TPSA) is 58.6 Å². The molecule has 1 aromatic carbocycles. The van der Waals surface area contributed by atoms with Gasteiger partial charge in [-0.3, -0.25) is 9.59 Å². The Morgan fingerprint density at radius 1 is 1.33 bits per heavy atom. The number of hydrogen-bond donors (Lipinski definition) is 1. The fourth-order valence-corrected chi connectivity index (χ4v) is 2.02. The average Bonchev–Trinajstić information content (AvgIpc) is 2.47. The first-order chi connectivity index (χ1) is 10.1. The van der Waals surface area contributed by atoms with E-state index in [0.717, 1.165) is 24.2 Å². The van der Waals surface area contributed by atoms with Gasteiger partial charge in [0.05, 0.1) is 13.7 Å². The molecule has 5 nitrogen and oxygen atoms in total. The van der Waals surface area contributed by atoms with Gasteiger partial charge in [0.25, 0.3) is 0 Å². The lowest BCUT2D eigenvalue weighted by atomic mass is 10.1. The van der Waals surface area contributed by atoms with E-state index in [-0.39, 0.29) is 18.4 Å². The van der Waals surface area contributed by atoms with Crippen LogP contribution in [0.25, 0.3) is 0 Å². The maximum Gasteiger partial charge on any atom is 0.239 e. The van der Waals surface area contributed by atoms with Gasteiger partial charge < -0.3 is 15.0 Å². The second-order valence-corrected chi connectivity index (χ2v) is 4.89. The summed E-state index contributed by atoms with van der Waals surface area (Å²) >= 11 is 0. The molecular formula is C16H24N2O3. The smallest absolute Gasteiger partial charge is 0.239 e. The molecule has 0 radical (unpaired) electrons. The number of ether oxygens (including phenoxy) is 1. The Bertz CT molecular complexity index is 474. The van der Waals surface area contributed by atoms with Crippen molar-refractivity contribution in [2.75, 3.05) is 26.7 Å². The van der Waals surface area contributed by atoms with Crippen LogP contribution in [0.3, 0.4) is 0 Å². The van der Waals surface area contributed by atoms with Gasteiger partial charge in [-0.15, -0.1) is 0 Å². The molecule has 0 spiro atoms. The minimum atomic E-state index is -0.124. The first-order valence-corrected chi connectivity index (χ1v) is 7.22. The van der Waals surface area contributed by atoms with Crippen molar-refractivity contribution in [3.05, 3.63) is 29.8 Å². The van der Waals surface area contributed by atoms with E-state index in [1.165, 1.54) is 6.92 Å². The van der Waals surface area contributed by atoms with E-state index in [0.29, 0.717) is 13.1 Å². The molecule has 0 aliphatic carbocycles. The summed E-state index contributed by atoms with van der Waals surface area (Å²) in [5.74, 6) is 0.617. The predicted molar refractivity (Wildman–Crippen MR) is 82.3 cm³/mol. The van der Waals surface area contributed by atoms with Gasteiger partial charge >= 0.3 is 0 Å². The molecule has 2 amide bonds. The van der Waals surface area contributed by atoms with Gasteiger partial charge in [0.15, 0.2) is 0 Å². The lowest BCUT2D eigenvalue weighted by molar-refractivity contribution is -0.134. The molecule has 0 aliphatic rings. The van der Waals surface area contributed by atoms with E-state index in [2.05, 4.69) is 5.32 Å². The van der Waals surface area contributed by atoms with E-state index in [1.807, 2.05) is 31.2 Å². The molecule has 0 atom stereocenters. The highest BCUT2D eigenvalue weighted by molar-refractivity contribution is 5.83. The number of hydrogen-bond acceptors (Lipinski definition) is 3. The van der Waals surface area contributed by atoms with Crippen molar-refractivity contribution in [2.45, 2.75) is 26.7 Å². The second-order valence-electron chi connectivity index (χ2n) is 4.89. The molecule has 0 aromatic heterocycles. The summed E-state index contributed by atoms with van der Waals surface area (Å²) in [7, 11) is 1.63. The van der Waals surface area contributed by atoms with Crippen LogP contribution in [0.5, 0.6) is 5.75 Å². The van der Waals surface area contributed by atoms with Crippen molar-refractivity contribution < 1.29 is 14.3 Å². The molecule has 0 unspecified atom stereocenters. The Morgan fingerprint density at radius 2 is 2.10 bits per heavy atom. The lowest BCUT2D eigenvalue weighted by Crippen LogP contribution is -2.40. The molecule has 21 heavy (non-hydrogen) atoms. The monoisotopic (exact) mass is 292 g/mol. The Hall–Kier alpha value is -2.04. The molecule has 0 saturated carbocycles. The average molecular weight is 292 g/mol. The van der Waals surface area contributed by atoms with Crippen molar-refractivity contribution in [3.8, 4) is 5.75 Å². The Balaban J connectivity index is 2.37.